The van der Waals surface area contributed by atoms with E-state index in [1.54, 1.807) is 0 Å². The third-order valence-corrected chi connectivity index (χ3v) is 6.21. The van der Waals surface area contributed by atoms with E-state index >= 15 is 0 Å². The molecule has 0 radical (unpaired) electrons. The minimum absolute atomic E-state index is 0.00438. The molecule has 3 aromatic carbocycles. The number of amides is 1. The second-order valence-electron chi connectivity index (χ2n) is 8.74. The Kier molecular flexibility index (Phi) is 7.70. The summed E-state index contributed by atoms with van der Waals surface area (Å²) >= 11 is 0. The highest BCUT2D eigenvalue weighted by Crippen LogP contribution is 2.22. The summed E-state index contributed by atoms with van der Waals surface area (Å²) in [6.45, 7) is 5.41. The summed E-state index contributed by atoms with van der Waals surface area (Å²) in [6, 6.07) is 29.7. The van der Waals surface area contributed by atoms with Gasteiger partial charge < -0.3 is 5.32 Å². The molecule has 4 rings (SSSR count). The van der Waals surface area contributed by atoms with Crippen LogP contribution < -0.4 is 10.6 Å². The van der Waals surface area contributed by atoms with Crippen LogP contribution in [0.1, 0.15) is 41.1 Å². The number of nitrogens with one attached hydrogen (secondary N) is 2. The smallest absolute Gasteiger partial charge is 0.234 e. The van der Waals surface area contributed by atoms with E-state index in [0.29, 0.717) is 6.54 Å². The highest BCUT2D eigenvalue weighted by atomic mass is 16.2. The summed E-state index contributed by atoms with van der Waals surface area (Å²) in [7, 11) is 0. The zero-order chi connectivity index (χ0) is 22.2. The van der Waals surface area contributed by atoms with Crippen molar-refractivity contribution in [1.29, 1.82) is 0 Å². The molecule has 3 aromatic rings. The lowest BCUT2D eigenvalue weighted by atomic mass is 9.98. The van der Waals surface area contributed by atoms with Gasteiger partial charge in [-0.05, 0) is 36.5 Å². The summed E-state index contributed by atoms with van der Waals surface area (Å²) in [5, 5.41) is 6.72. The second kappa shape index (κ2) is 11.1. The Labute approximate surface area is 191 Å². The Morgan fingerprint density at radius 2 is 1.47 bits per heavy atom. The maximum absolute atomic E-state index is 12.7. The van der Waals surface area contributed by atoms with Gasteiger partial charge in [0.15, 0.2) is 0 Å². The fraction of sp³-hybridized carbons (Fsp3) is 0.321. The summed E-state index contributed by atoms with van der Waals surface area (Å²) in [4.78, 5) is 15.2. The molecule has 0 unspecified atom stereocenters. The first kappa shape index (κ1) is 22.3. The van der Waals surface area contributed by atoms with Gasteiger partial charge in [-0.25, -0.2) is 0 Å². The van der Waals surface area contributed by atoms with E-state index in [4.69, 9.17) is 0 Å². The topological polar surface area (TPSA) is 44.4 Å². The average Bonchev–Trinajstić information content (AvgIpc) is 2.83. The number of likely N-dealkylation sites (tertiary alicyclic amines) is 1. The second-order valence-corrected chi connectivity index (χ2v) is 8.74. The van der Waals surface area contributed by atoms with Crippen molar-refractivity contribution in [1.82, 2.24) is 15.5 Å². The minimum atomic E-state index is -0.00438. The van der Waals surface area contributed by atoms with Gasteiger partial charge in [0, 0.05) is 25.7 Å². The standard InChI is InChI=1S/C28H33N3O/c1-22-12-14-25(15-13-22)28(24-10-6-3-7-11-24)29-20-27(32)30-26-16-18-31(19-17-26)21-23-8-4-2-5-9-23/h2-15,26,28-29H,16-21H2,1H3,(H,30,32)/t28-/m1/s1. The highest BCUT2D eigenvalue weighted by molar-refractivity contribution is 5.78. The lowest BCUT2D eigenvalue weighted by Crippen LogP contribution is -2.47. The van der Waals surface area contributed by atoms with Crippen molar-refractivity contribution in [2.45, 2.75) is 38.4 Å². The molecule has 4 nitrogen and oxygen atoms in total. The molecular weight excluding hydrogens is 394 g/mol. The predicted octanol–water partition coefficient (Wildman–Crippen LogP) is 4.45. The van der Waals surface area contributed by atoms with Crippen LogP contribution in [-0.4, -0.2) is 36.5 Å². The van der Waals surface area contributed by atoms with Crippen molar-refractivity contribution < 1.29 is 4.79 Å². The molecule has 1 atom stereocenters. The monoisotopic (exact) mass is 427 g/mol. The van der Waals surface area contributed by atoms with Crippen LogP contribution in [0.15, 0.2) is 84.9 Å². The molecule has 166 valence electrons. The van der Waals surface area contributed by atoms with Crippen molar-refractivity contribution in [3.05, 3.63) is 107 Å². The molecule has 4 heteroatoms. The first-order valence-corrected chi connectivity index (χ1v) is 11.6. The molecule has 2 N–H and O–H groups in total. The van der Waals surface area contributed by atoms with Crippen molar-refractivity contribution in [3.8, 4) is 0 Å². The van der Waals surface area contributed by atoms with E-state index in [-0.39, 0.29) is 18.0 Å². The molecule has 0 spiro atoms. The van der Waals surface area contributed by atoms with Gasteiger partial charge in [0.2, 0.25) is 5.91 Å². The predicted molar refractivity (Wildman–Crippen MR) is 130 cm³/mol. The van der Waals surface area contributed by atoms with Gasteiger partial charge in [-0.1, -0.05) is 90.5 Å². The molecule has 1 aliphatic heterocycles. The Bertz CT molecular complexity index is 965. The van der Waals surface area contributed by atoms with Gasteiger partial charge in [-0.15, -0.1) is 0 Å². The van der Waals surface area contributed by atoms with E-state index in [1.165, 1.54) is 22.3 Å². The van der Waals surface area contributed by atoms with Gasteiger partial charge >= 0.3 is 0 Å². The summed E-state index contributed by atoms with van der Waals surface area (Å²) in [5.74, 6) is 0.0690. The number of aryl methyl sites for hydroxylation is 1. The van der Waals surface area contributed by atoms with Crippen LogP contribution in [0.5, 0.6) is 0 Å². The lowest BCUT2D eigenvalue weighted by Gasteiger charge is -2.32. The number of carbonyl (C=O) groups excluding carboxylic acids is 1. The van der Waals surface area contributed by atoms with Gasteiger partial charge in [-0.3, -0.25) is 15.0 Å². The molecule has 1 amide bonds. The van der Waals surface area contributed by atoms with Crippen molar-refractivity contribution >= 4 is 5.91 Å². The third-order valence-electron chi connectivity index (χ3n) is 6.21. The molecule has 1 fully saturated rings. The fourth-order valence-corrected chi connectivity index (χ4v) is 4.38. The largest absolute Gasteiger partial charge is 0.352 e. The zero-order valence-electron chi connectivity index (χ0n) is 18.8. The summed E-state index contributed by atoms with van der Waals surface area (Å²) < 4.78 is 0. The first-order chi connectivity index (χ1) is 15.7. The lowest BCUT2D eigenvalue weighted by molar-refractivity contribution is -0.121. The highest BCUT2D eigenvalue weighted by Gasteiger charge is 2.21. The zero-order valence-corrected chi connectivity index (χ0v) is 18.8. The maximum atomic E-state index is 12.7. The maximum Gasteiger partial charge on any atom is 0.234 e. The Hall–Kier alpha value is -2.95. The minimum Gasteiger partial charge on any atom is -0.352 e. The molecule has 1 saturated heterocycles. The van der Waals surface area contributed by atoms with E-state index in [9.17, 15) is 4.79 Å². The summed E-state index contributed by atoms with van der Waals surface area (Å²) in [5.41, 5.74) is 4.92. The van der Waals surface area contributed by atoms with Crippen molar-refractivity contribution in [2.75, 3.05) is 19.6 Å². The molecule has 1 aliphatic rings. The molecule has 0 aromatic heterocycles. The normalized spacial score (nSPS) is 15.9. The van der Waals surface area contributed by atoms with Crippen molar-refractivity contribution in [3.63, 3.8) is 0 Å². The molecule has 32 heavy (non-hydrogen) atoms. The SMILES string of the molecule is Cc1ccc([C@H](NCC(=O)NC2CCN(Cc3ccccc3)CC2)c2ccccc2)cc1. The number of rotatable bonds is 8. The Morgan fingerprint density at radius 3 is 2.12 bits per heavy atom. The van der Waals surface area contributed by atoms with Crippen LogP contribution in [0.2, 0.25) is 0 Å². The van der Waals surface area contributed by atoms with E-state index in [1.807, 2.05) is 18.2 Å². The Balaban J connectivity index is 1.28. The van der Waals surface area contributed by atoms with E-state index in [0.717, 1.165) is 32.5 Å². The molecular formula is C28H33N3O. The van der Waals surface area contributed by atoms with Crippen molar-refractivity contribution in [2.24, 2.45) is 0 Å². The Morgan fingerprint density at radius 1 is 0.875 bits per heavy atom. The van der Waals surface area contributed by atoms with Crippen LogP contribution in [0, 0.1) is 6.92 Å². The van der Waals surface area contributed by atoms with Gasteiger partial charge in [-0.2, -0.15) is 0 Å². The number of nitrogens with zero attached hydrogens (tertiary/aromatic N) is 1. The number of hydrogen-bond donors (Lipinski definition) is 2. The number of hydrogen-bond acceptors (Lipinski definition) is 3. The van der Waals surface area contributed by atoms with Crippen LogP contribution in [0.25, 0.3) is 0 Å². The molecule has 0 saturated carbocycles. The van der Waals surface area contributed by atoms with Crippen LogP contribution in [0.3, 0.4) is 0 Å². The molecule has 1 heterocycles. The van der Waals surface area contributed by atoms with Crippen LogP contribution in [-0.2, 0) is 11.3 Å². The quantitative estimate of drug-likeness (QED) is 0.558. The number of piperidine rings is 1. The average molecular weight is 428 g/mol. The van der Waals surface area contributed by atoms with Gasteiger partial charge in [0.25, 0.3) is 0 Å². The molecule has 0 aliphatic carbocycles. The number of carbonyl (C=O) groups is 1. The summed E-state index contributed by atoms with van der Waals surface area (Å²) in [6.07, 6.45) is 2.00. The van der Waals surface area contributed by atoms with Gasteiger partial charge in [0.1, 0.15) is 0 Å². The number of benzene rings is 3. The molecule has 0 bridgehead atoms. The van der Waals surface area contributed by atoms with E-state index < -0.39 is 0 Å². The fourth-order valence-electron chi connectivity index (χ4n) is 4.38. The van der Waals surface area contributed by atoms with Crippen LogP contribution >= 0.6 is 0 Å². The van der Waals surface area contributed by atoms with E-state index in [2.05, 4.69) is 89.2 Å². The van der Waals surface area contributed by atoms with Crippen LogP contribution in [0.4, 0.5) is 0 Å². The first-order valence-electron chi connectivity index (χ1n) is 11.6. The van der Waals surface area contributed by atoms with Gasteiger partial charge in [0.05, 0.1) is 12.6 Å². The third kappa shape index (κ3) is 6.28.